The third-order valence-electron chi connectivity index (χ3n) is 2.90. The summed E-state index contributed by atoms with van der Waals surface area (Å²) in [6.07, 6.45) is 0. The highest BCUT2D eigenvalue weighted by Crippen LogP contribution is 2.22. The average molecular weight is 258 g/mol. The molecule has 1 amide bonds. The van der Waals surface area contributed by atoms with Crippen LogP contribution in [0.2, 0.25) is 0 Å². The second-order valence-corrected chi connectivity index (χ2v) is 4.33. The van der Waals surface area contributed by atoms with Crippen LogP contribution in [0.1, 0.15) is 28.9 Å². The van der Waals surface area contributed by atoms with E-state index in [1.54, 1.807) is 36.4 Å². The van der Waals surface area contributed by atoms with E-state index in [4.69, 9.17) is 5.73 Å². The molecule has 0 spiro atoms. The maximum absolute atomic E-state index is 13.6. The lowest BCUT2D eigenvalue weighted by Gasteiger charge is -2.16. The number of carbonyl (C=O) groups is 1. The fourth-order valence-corrected chi connectivity index (χ4v) is 1.92. The van der Waals surface area contributed by atoms with E-state index < -0.39 is 5.91 Å². The molecule has 0 aliphatic carbocycles. The molecule has 0 aromatic heterocycles. The Morgan fingerprint density at radius 2 is 1.95 bits per heavy atom. The molecule has 1 atom stereocenters. The van der Waals surface area contributed by atoms with Gasteiger partial charge in [0, 0.05) is 16.8 Å². The van der Waals surface area contributed by atoms with Crippen molar-refractivity contribution >= 4 is 11.6 Å². The fraction of sp³-hybridized carbons (Fsp3) is 0.133. The van der Waals surface area contributed by atoms with Gasteiger partial charge in [-0.15, -0.1) is 0 Å². The molecule has 4 heteroatoms. The standard InChI is InChI=1S/C15H15FN2O/c1-10(13-7-2-3-8-14(13)16)18-12-6-4-5-11(9-12)15(17)19/h2-10,18H,1H3,(H2,17,19). The number of amides is 1. The van der Waals surface area contributed by atoms with Crippen molar-refractivity contribution < 1.29 is 9.18 Å². The van der Waals surface area contributed by atoms with Gasteiger partial charge in [-0.1, -0.05) is 24.3 Å². The molecule has 3 N–H and O–H groups in total. The minimum absolute atomic E-state index is 0.204. The van der Waals surface area contributed by atoms with Crippen molar-refractivity contribution in [2.45, 2.75) is 13.0 Å². The molecule has 0 aliphatic heterocycles. The van der Waals surface area contributed by atoms with Crippen molar-refractivity contribution in [2.24, 2.45) is 5.73 Å². The van der Waals surface area contributed by atoms with Crippen LogP contribution < -0.4 is 11.1 Å². The zero-order chi connectivity index (χ0) is 13.8. The fourth-order valence-electron chi connectivity index (χ4n) is 1.92. The van der Waals surface area contributed by atoms with Crippen molar-refractivity contribution in [3.05, 3.63) is 65.5 Å². The second-order valence-electron chi connectivity index (χ2n) is 4.33. The SMILES string of the molecule is CC(Nc1cccc(C(N)=O)c1)c1ccccc1F. The summed E-state index contributed by atoms with van der Waals surface area (Å²) >= 11 is 0. The van der Waals surface area contributed by atoms with E-state index in [1.165, 1.54) is 6.07 Å². The van der Waals surface area contributed by atoms with Gasteiger partial charge in [0.05, 0.1) is 6.04 Å². The molecule has 0 heterocycles. The monoisotopic (exact) mass is 258 g/mol. The Bertz CT molecular complexity index is 598. The van der Waals surface area contributed by atoms with E-state index in [-0.39, 0.29) is 11.9 Å². The predicted octanol–water partition coefficient (Wildman–Crippen LogP) is 3.10. The van der Waals surface area contributed by atoms with Gasteiger partial charge >= 0.3 is 0 Å². The molecular weight excluding hydrogens is 243 g/mol. The largest absolute Gasteiger partial charge is 0.378 e. The third-order valence-corrected chi connectivity index (χ3v) is 2.90. The maximum atomic E-state index is 13.6. The molecule has 0 radical (unpaired) electrons. The molecule has 2 rings (SSSR count). The Labute approximate surface area is 111 Å². The van der Waals surface area contributed by atoms with Gasteiger partial charge in [-0.05, 0) is 31.2 Å². The normalized spacial score (nSPS) is 11.9. The molecule has 19 heavy (non-hydrogen) atoms. The molecule has 1 unspecified atom stereocenters. The number of halogens is 1. The van der Waals surface area contributed by atoms with E-state index in [0.29, 0.717) is 11.1 Å². The lowest BCUT2D eigenvalue weighted by atomic mass is 10.1. The predicted molar refractivity (Wildman–Crippen MR) is 73.4 cm³/mol. The molecule has 0 aliphatic rings. The number of primary amides is 1. The van der Waals surface area contributed by atoms with Crippen molar-refractivity contribution in [3.8, 4) is 0 Å². The van der Waals surface area contributed by atoms with Gasteiger partial charge in [0.1, 0.15) is 5.82 Å². The number of nitrogens with two attached hydrogens (primary N) is 1. The number of nitrogens with one attached hydrogen (secondary N) is 1. The highest BCUT2D eigenvalue weighted by Gasteiger charge is 2.10. The first-order valence-electron chi connectivity index (χ1n) is 5.99. The summed E-state index contributed by atoms with van der Waals surface area (Å²) < 4.78 is 13.6. The summed E-state index contributed by atoms with van der Waals surface area (Å²) in [7, 11) is 0. The molecule has 3 nitrogen and oxygen atoms in total. The van der Waals surface area contributed by atoms with Crippen LogP contribution in [0.5, 0.6) is 0 Å². The zero-order valence-electron chi connectivity index (χ0n) is 10.6. The molecule has 0 saturated heterocycles. The van der Waals surface area contributed by atoms with Gasteiger partial charge < -0.3 is 11.1 Å². The molecule has 2 aromatic rings. The zero-order valence-corrected chi connectivity index (χ0v) is 10.6. The summed E-state index contributed by atoms with van der Waals surface area (Å²) in [5.41, 5.74) is 6.95. The highest BCUT2D eigenvalue weighted by molar-refractivity contribution is 5.93. The van der Waals surface area contributed by atoms with Crippen LogP contribution in [0.25, 0.3) is 0 Å². The third kappa shape index (κ3) is 3.10. The lowest BCUT2D eigenvalue weighted by Crippen LogP contribution is -2.12. The molecule has 0 bridgehead atoms. The number of anilines is 1. The van der Waals surface area contributed by atoms with Crippen molar-refractivity contribution in [1.29, 1.82) is 0 Å². The van der Waals surface area contributed by atoms with Crippen molar-refractivity contribution in [2.75, 3.05) is 5.32 Å². The highest BCUT2D eigenvalue weighted by atomic mass is 19.1. The molecule has 0 saturated carbocycles. The summed E-state index contributed by atoms with van der Waals surface area (Å²) in [5, 5.41) is 3.15. The van der Waals surface area contributed by atoms with Gasteiger partial charge in [-0.2, -0.15) is 0 Å². The van der Waals surface area contributed by atoms with E-state index in [1.807, 2.05) is 13.0 Å². The Morgan fingerprint density at radius 3 is 2.63 bits per heavy atom. The molecule has 98 valence electrons. The Balaban J connectivity index is 2.19. The summed E-state index contributed by atoms with van der Waals surface area (Å²) in [6, 6.07) is 13.2. The average Bonchev–Trinajstić information content (AvgIpc) is 2.39. The number of rotatable bonds is 4. The number of carbonyl (C=O) groups excluding carboxylic acids is 1. The Morgan fingerprint density at radius 1 is 1.21 bits per heavy atom. The Kier molecular flexibility index (Phi) is 3.80. The van der Waals surface area contributed by atoms with Crippen LogP contribution in [0.3, 0.4) is 0 Å². The van der Waals surface area contributed by atoms with Crippen molar-refractivity contribution in [3.63, 3.8) is 0 Å². The molecule has 2 aromatic carbocycles. The topological polar surface area (TPSA) is 55.1 Å². The number of benzene rings is 2. The first kappa shape index (κ1) is 13.1. The molecule has 0 fully saturated rings. The maximum Gasteiger partial charge on any atom is 0.248 e. The quantitative estimate of drug-likeness (QED) is 0.885. The van der Waals surface area contributed by atoms with Gasteiger partial charge in [-0.25, -0.2) is 4.39 Å². The van der Waals surface area contributed by atoms with E-state index in [0.717, 1.165) is 5.69 Å². The van der Waals surface area contributed by atoms with Crippen LogP contribution in [-0.2, 0) is 0 Å². The number of hydrogen-bond donors (Lipinski definition) is 2. The summed E-state index contributed by atoms with van der Waals surface area (Å²) in [5.74, 6) is -0.740. The van der Waals surface area contributed by atoms with Crippen LogP contribution in [0, 0.1) is 5.82 Å². The van der Waals surface area contributed by atoms with Crippen molar-refractivity contribution in [1.82, 2.24) is 0 Å². The Hall–Kier alpha value is -2.36. The van der Waals surface area contributed by atoms with Crippen LogP contribution in [-0.4, -0.2) is 5.91 Å². The molecular formula is C15H15FN2O. The van der Waals surface area contributed by atoms with Gasteiger partial charge in [0.2, 0.25) is 5.91 Å². The smallest absolute Gasteiger partial charge is 0.248 e. The van der Waals surface area contributed by atoms with Gasteiger partial charge in [0.25, 0.3) is 0 Å². The minimum Gasteiger partial charge on any atom is -0.378 e. The first-order chi connectivity index (χ1) is 9.08. The van der Waals surface area contributed by atoms with Crippen LogP contribution in [0.4, 0.5) is 10.1 Å². The van der Waals surface area contributed by atoms with Crippen LogP contribution >= 0.6 is 0 Å². The number of hydrogen-bond acceptors (Lipinski definition) is 2. The van der Waals surface area contributed by atoms with E-state index in [9.17, 15) is 9.18 Å². The van der Waals surface area contributed by atoms with Gasteiger partial charge in [-0.3, -0.25) is 4.79 Å². The van der Waals surface area contributed by atoms with E-state index >= 15 is 0 Å². The summed E-state index contributed by atoms with van der Waals surface area (Å²) in [6.45, 7) is 1.86. The first-order valence-corrected chi connectivity index (χ1v) is 5.99. The van der Waals surface area contributed by atoms with Crippen LogP contribution in [0.15, 0.2) is 48.5 Å². The van der Waals surface area contributed by atoms with E-state index in [2.05, 4.69) is 5.32 Å². The minimum atomic E-state index is -0.484. The lowest BCUT2D eigenvalue weighted by molar-refractivity contribution is 0.100. The van der Waals surface area contributed by atoms with Gasteiger partial charge in [0.15, 0.2) is 0 Å². The summed E-state index contributed by atoms with van der Waals surface area (Å²) in [4.78, 5) is 11.1. The second kappa shape index (κ2) is 5.52.